The molecule has 0 atom stereocenters. The number of nitrogens with one attached hydrogen (secondary N) is 1. The van der Waals surface area contributed by atoms with E-state index in [1.165, 1.54) is 16.5 Å². The van der Waals surface area contributed by atoms with Crippen molar-refractivity contribution in [2.24, 2.45) is 0 Å². The van der Waals surface area contributed by atoms with Crippen molar-refractivity contribution in [3.05, 3.63) is 54.3 Å². The topological polar surface area (TPSA) is 15.8 Å². The van der Waals surface area contributed by atoms with Crippen molar-refractivity contribution >= 4 is 17.0 Å². The van der Waals surface area contributed by atoms with E-state index in [9.17, 15) is 0 Å². The molecule has 1 nitrogen and oxygen atoms in total. The maximum atomic E-state index is 3.66. The van der Waals surface area contributed by atoms with Crippen LogP contribution in [0.3, 0.4) is 0 Å². The quantitative estimate of drug-likeness (QED) is 0.684. The standard InChI is InChI=1S/C13H13N/c1-3-4-8-12-10(2)11-7-5-6-9-13(11)14-12/h3-9,14H,1H2,2H3. The number of fused-ring (bicyclic) bond motifs is 1. The van der Waals surface area contributed by atoms with E-state index < -0.39 is 0 Å². The van der Waals surface area contributed by atoms with Crippen LogP contribution in [0.2, 0.25) is 0 Å². The van der Waals surface area contributed by atoms with E-state index in [1.54, 1.807) is 6.08 Å². The van der Waals surface area contributed by atoms with Gasteiger partial charge in [-0.1, -0.05) is 36.9 Å². The van der Waals surface area contributed by atoms with E-state index in [-0.39, 0.29) is 0 Å². The first-order valence-corrected chi connectivity index (χ1v) is 4.69. The molecule has 0 radical (unpaired) electrons. The fourth-order valence-electron chi connectivity index (χ4n) is 1.63. The van der Waals surface area contributed by atoms with Crippen LogP contribution in [0.15, 0.2) is 43.0 Å². The molecule has 0 spiro atoms. The third-order valence-corrected chi connectivity index (χ3v) is 2.40. The molecule has 0 saturated heterocycles. The summed E-state index contributed by atoms with van der Waals surface area (Å²) in [6.07, 6.45) is 5.77. The molecule has 0 unspecified atom stereocenters. The van der Waals surface area contributed by atoms with Gasteiger partial charge < -0.3 is 4.98 Å². The Bertz CT molecular complexity index is 489. The highest BCUT2D eigenvalue weighted by atomic mass is 14.7. The molecule has 14 heavy (non-hydrogen) atoms. The van der Waals surface area contributed by atoms with Crippen LogP contribution in [0.25, 0.3) is 17.0 Å². The number of aromatic nitrogens is 1. The summed E-state index contributed by atoms with van der Waals surface area (Å²) in [6.45, 7) is 5.79. The Morgan fingerprint density at radius 3 is 2.79 bits per heavy atom. The van der Waals surface area contributed by atoms with Crippen molar-refractivity contribution in [2.75, 3.05) is 0 Å². The Balaban J connectivity index is 2.62. The molecule has 2 rings (SSSR count). The average Bonchev–Trinajstić information content (AvgIpc) is 2.54. The molecule has 1 heteroatoms. The van der Waals surface area contributed by atoms with Crippen molar-refractivity contribution in [1.82, 2.24) is 4.98 Å². The lowest BCUT2D eigenvalue weighted by atomic mass is 10.1. The third kappa shape index (κ3) is 1.37. The molecule has 1 aromatic heterocycles. The van der Waals surface area contributed by atoms with Crippen LogP contribution in [0.1, 0.15) is 11.3 Å². The largest absolute Gasteiger partial charge is 0.355 e. The van der Waals surface area contributed by atoms with Gasteiger partial charge in [-0.3, -0.25) is 0 Å². The second kappa shape index (κ2) is 3.54. The van der Waals surface area contributed by atoms with Crippen molar-refractivity contribution in [3.8, 4) is 0 Å². The zero-order chi connectivity index (χ0) is 9.97. The summed E-state index contributed by atoms with van der Waals surface area (Å²) in [7, 11) is 0. The fourth-order valence-corrected chi connectivity index (χ4v) is 1.63. The number of hydrogen-bond donors (Lipinski definition) is 1. The summed E-state index contributed by atoms with van der Waals surface area (Å²) >= 11 is 0. The minimum absolute atomic E-state index is 1.16. The Morgan fingerprint density at radius 1 is 1.29 bits per heavy atom. The normalized spacial score (nSPS) is 11.2. The summed E-state index contributed by atoms with van der Waals surface area (Å²) in [4.78, 5) is 3.36. The molecule has 1 heterocycles. The first kappa shape index (κ1) is 8.82. The molecule has 0 bridgehead atoms. The van der Waals surface area contributed by atoms with Crippen molar-refractivity contribution in [3.63, 3.8) is 0 Å². The SMILES string of the molecule is C=CC=Cc1[nH]c2ccccc2c1C. The van der Waals surface area contributed by atoms with Gasteiger partial charge in [-0.2, -0.15) is 0 Å². The number of rotatable bonds is 2. The van der Waals surface area contributed by atoms with Crippen LogP contribution in [-0.2, 0) is 0 Å². The second-order valence-corrected chi connectivity index (χ2v) is 3.30. The van der Waals surface area contributed by atoms with Crippen LogP contribution >= 0.6 is 0 Å². The minimum Gasteiger partial charge on any atom is -0.355 e. The Labute approximate surface area is 83.8 Å². The predicted octanol–water partition coefficient (Wildman–Crippen LogP) is 3.68. The van der Waals surface area contributed by atoms with Gasteiger partial charge >= 0.3 is 0 Å². The van der Waals surface area contributed by atoms with E-state index in [1.807, 2.05) is 18.2 Å². The van der Waals surface area contributed by atoms with Crippen LogP contribution in [-0.4, -0.2) is 4.98 Å². The van der Waals surface area contributed by atoms with Gasteiger partial charge in [0.2, 0.25) is 0 Å². The van der Waals surface area contributed by atoms with Gasteiger partial charge in [-0.05, 0) is 24.6 Å². The Morgan fingerprint density at radius 2 is 2.07 bits per heavy atom. The second-order valence-electron chi connectivity index (χ2n) is 3.30. The lowest BCUT2D eigenvalue weighted by Crippen LogP contribution is -1.73. The zero-order valence-corrected chi connectivity index (χ0v) is 8.25. The number of H-pyrrole nitrogens is 1. The molecule has 0 amide bonds. The van der Waals surface area contributed by atoms with Crippen LogP contribution in [0.4, 0.5) is 0 Å². The third-order valence-electron chi connectivity index (χ3n) is 2.40. The minimum atomic E-state index is 1.16. The summed E-state index contributed by atoms with van der Waals surface area (Å²) in [5, 5.41) is 1.29. The van der Waals surface area contributed by atoms with Crippen LogP contribution in [0.5, 0.6) is 0 Å². The summed E-state index contributed by atoms with van der Waals surface area (Å²) in [6, 6.07) is 8.32. The fraction of sp³-hybridized carbons (Fsp3) is 0.0769. The number of aromatic amines is 1. The lowest BCUT2D eigenvalue weighted by Gasteiger charge is -1.89. The molecular weight excluding hydrogens is 170 g/mol. The van der Waals surface area contributed by atoms with E-state index in [4.69, 9.17) is 0 Å². The molecule has 0 aliphatic heterocycles. The Hall–Kier alpha value is -1.76. The molecule has 0 aliphatic carbocycles. The summed E-state index contributed by atoms with van der Waals surface area (Å²) in [5.74, 6) is 0. The van der Waals surface area contributed by atoms with Crippen molar-refractivity contribution in [1.29, 1.82) is 0 Å². The summed E-state index contributed by atoms with van der Waals surface area (Å²) in [5.41, 5.74) is 3.64. The number of para-hydroxylation sites is 1. The van der Waals surface area contributed by atoms with E-state index in [0.717, 1.165) is 5.69 Å². The predicted molar refractivity (Wildman–Crippen MR) is 62.3 cm³/mol. The van der Waals surface area contributed by atoms with E-state index in [2.05, 4.69) is 36.7 Å². The van der Waals surface area contributed by atoms with E-state index in [0.29, 0.717) is 0 Å². The van der Waals surface area contributed by atoms with Gasteiger partial charge in [0.25, 0.3) is 0 Å². The van der Waals surface area contributed by atoms with Crippen molar-refractivity contribution < 1.29 is 0 Å². The van der Waals surface area contributed by atoms with Crippen LogP contribution < -0.4 is 0 Å². The smallest absolute Gasteiger partial charge is 0.0461 e. The highest BCUT2D eigenvalue weighted by Gasteiger charge is 2.02. The number of hydrogen-bond acceptors (Lipinski definition) is 0. The molecule has 1 aromatic carbocycles. The molecule has 0 fully saturated rings. The van der Waals surface area contributed by atoms with Gasteiger partial charge in [0, 0.05) is 16.6 Å². The molecule has 70 valence electrons. The summed E-state index contributed by atoms with van der Waals surface area (Å²) < 4.78 is 0. The van der Waals surface area contributed by atoms with Crippen LogP contribution in [0, 0.1) is 6.92 Å². The first-order valence-electron chi connectivity index (χ1n) is 4.69. The maximum Gasteiger partial charge on any atom is 0.0461 e. The molecule has 0 aliphatic rings. The molecular formula is C13H13N. The Kier molecular flexibility index (Phi) is 2.23. The van der Waals surface area contributed by atoms with E-state index >= 15 is 0 Å². The number of benzene rings is 1. The van der Waals surface area contributed by atoms with Gasteiger partial charge in [0.1, 0.15) is 0 Å². The maximum absolute atomic E-state index is 3.66. The molecule has 0 saturated carbocycles. The number of aryl methyl sites for hydroxylation is 1. The lowest BCUT2D eigenvalue weighted by molar-refractivity contribution is 1.38. The van der Waals surface area contributed by atoms with Gasteiger partial charge in [-0.15, -0.1) is 0 Å². The van der Waals surface area contributed by atoms with Gasteiger partial charge in [0.05, 0.1) is 0 Å². The highest BCUT2D eigenvalue weighted by Crippen LogP contribution is 2.21. The first-order chi connectivity index (χ1) is 6.83. The zero-order valence-electron chi connectivity index (χ0n) is 8.25. The molecule has 2 aromatic rings. The van der Waals surface area contributed by atoms with Gasteiger partial charge in [-0.25, -0.2) is 0 Å². The molecule has 1 N–H and O–H groups in total. The number of allylic oxidation sites excluding steroid dienone is 2. The van der Waals surface area contributed by atoms with Gasteiger partial charge in [0.15, 0.2) is 0 Å². The average molecular weight is 183 g/mol. The van der Waals surface area contributed by atoms with Crippen molar-refractivity contribution in [2.45, 2.75) is 6.92 Å². The highest BCUT2D eigenvalue weighted by molar-refractivity contribution is 5.86. The monoisotopic (exact) mass is 183 g/mol.